The molecule has 6 aromatic carbocycles. The van der Waals surface area contributed by atoms with E-state index in [0.717, 1.165) is 22.9 Å². The van der Waals surface area contributed by atoms with Gasteiger partial charge >= 0.3 is 0 Å². The van der Waals surface area contributed by atoms with Crippen molar-refractivity contribution in [2.24, 2.45) is 0 Å². The number of fused-ring (bicyclic) bond motifs is 7. The molecule has 2 aliphatic heterocycles. The van der Waals surface area contributed by atoms with Crippen LogP contribution in [0.25, 0.3) is 27.5 Å². The molecule has 0 bridgehead atoms. The first-order chi connectivity index (χ1) is 20.7. The van der Waals surface area contributed by atoms with Crippen molar-refractivity contribution in [3.8, 4) is 17.2 Å². The zero-order valence-electron chi connectivity index (χ0n) is 23.5. The number of ether oxygens (including phenoxy) is 1. The minimum absolute atomic E-state index is 0.0588. The van der Waals surface area contributed by atoms with Crippen molar-refractivity contribution in [1.82, 2.24) is 4.57 Å². The van der Waals surface area contributed by atoms with Crippen molar-refractivity contribution in [3.63, 3.8) is 0 Å². The number of nitrogens with zero attached hydrogens (tertiary/aromatic N) is 2. The molecule has 0 amide bonds. The Hall–Kier alpha value is -5.22. The van der Waals surface area contributed by atoms with Crippen molar-refractivity contribution in [2.45, 2.75) is 13.8 Å². The maximum absolute atomic E-state index is 6.70. The highest BCUT2D eigenvalue weighted by Gasteiger charge is 2.42. The molecule has 0 atom stereocenters. The molecule has 1 aromatic heterocycles. The summed E-state index contributed by atoms with van der Waals surface area (Å²) in [7, 11) is 0. The molecular weight excluding hydrogens is 511 g/mol. The molecule has 0 radical (unpaired) electrons. The highest BCUT2D eigenvalue weighted by Crippen LogP contribution is 2.41. The Balaban J connectivity index is 1.34. The van der Waals surface area contributed by atoms with Crippen LogP contribution in [0.4, 0.5) is 17.1 Å². The van der Waals surface area contributed by atoms with E-state index in [2.05, 4.69) is 151 Å². The third-order valence-corrected chi connectivity index (χ3v) is 8.99. The Morgan fingerprint density at radius 3 is 2.02 bits per heavy atom. The summed E-state index contributed by atoms with van der Waals surface area (Å²) in [5.41, 5.74) is 13.5. The molecule has 7 aromatic rings. The Labute approximate surface area is 245 Å². The molecule has 0 N–H and O–H groups in total. The van der Waals surface area contributed by atoms with Gasteiger partial charge in [0.2, 0.25) is 0 Å². The van der Waals surface area contributed by atoms with Crippen molar-refractivity contribution < 1.29 is 4.74 Å². The smallest absolute Gasteiger partial charge is 0.256 e. The fraction of sp³-hybridized carbons (Fsp3) is 0.0526. The predicted octanol–water partition coefficient (Wildman–Crippen LogP) is 7.81. The SMILES string of the molecule is Cc1cc(C)c2c(c1)N(c1ccccc1)c1cccc3c1B2c1cc(-n2c4ccccc4c4ccccc42)ccc1O3. The second kappa shape index (κ2) is 8.64. The third-order valence-electron chi connectivity index (χ3n) is 8.99. The molecule has 0 saturated carbocycles. The minimum atomic E-state index is 0.0588. The summed E-state index contributed by atoms with van der Waals surface area (Å²) in [6.45, 7) is 4.51. The first-order valence-corrected chi connectivity index (χ1v) is 14.6. The molecule has 3 heterocycles. The van der Waals surface area contributed by atoms with E-state index in [1.165, 1.54) is 60.7 Å². The van der Waals surface area contributed by atoms with Crippen LogP contribution in [0.15, 0.2) is 127 Å². The summed E-state index contributed by atoms with van der Waals surface area (Å²) < 4.78 is 9.10. The van der Waals surface area contributed by atoms with E-state index in [1.807, 2.05) is 0 Å². The number of rotatable bonds is 2. The summed E-state index contributed by atoms with van der Waals surface area (Å²) in [6, 6.07) is 46.0. The van der Waals surface area contributed by atoms with Crippen LogP contribution >= 0.6 is 0 Å². The standard InChI is InChI=1S/C38H27BN2O/c1-24-21-25(2)37-34(22-24)40(26-11-4-3-5-12-26)33-17-10-18-36-38(33)39(37)30-23-27(19-20-35(30)42-36)41-31-15-8-6-13-28(31)29-14-7-9-16-32(29)41/h3-23H,1-2H3. The highest BCUT2D eigenvalue weighted by molar-refractivity contribution is 6.99. The molecule has 4 heteroatoms. The van der Waals surface area contributed by atoms with E-state index in [9.17, 15) is 0 Å². The van der Waals surface area contributed by atoms with Gasteiger partial charge in [-0.1, -0.05) is 72.3 Å². The van der Waals surface area contributed by atoms with Gasteiger partial charge < -0.3 is 14.2 Å². The summed E-state index contributed by atoms with van der Waals surface area (Å²) in [4.78, 5) is 2.41. The molecule has 0 unspecified atom stereocenters. The normalized spacial score (nSPS) is 13.1. The molecule has 0 fully saturated rings. The second-order valence-electron chi connectivity index (χ2n) is 11.5. The van der Waals surface area contributed by atoms with Gasteiger partial charge in [-0.15, -0.1) is 0 Å². The molecular formula is C38H27BN2O. The Morgan fingerprint density at radius 1 is 0.548 bits per heavy atom. The van der Waals surface area contributed by atoms with E-state index in [-0.39, 0.29) is 6.71 Å². The molecule has 9 rings (SSSR count). The lowest BCUT2D eigenvalue weighted by Gasteiger charge is -2.41. The maximum Gasteiger partial charge on any atom is 0.256 e. The summed E-state index contributed by atoms with van der Waals surface area (Å²) >= 11 is 0. The van der Waals surface area contributed by atoms with Crippen molar-refractivity contribution in [2.75, 3.05) is 4.90 Å². The van der Waals surface area contributed by atoms with E-state index in [0.29, 0.717) is 0 Å². The van der Waals surface area contributed by atoms with Crippen LogP contribution in [0.5, 0.6) is 11.5 Å². The van der Waals surface area contributed by atoms with Gasteiger partial charge in [0.25, 0.3) is 6.71 Å². The van der Waals surface area contributed by atoms with Crippen LogP contribution in [-0.4, -0.2) is 11.3 Å². The quantitative estimate of drug-likeness (QED) is 0.209. The molecule has 42 heavy (non-hydrogen) atoms. The van der Waals surface area contributed by atoms with Crippen LogP contribution in [0.2, 0.25) is 0 Å². The van der Waals surface area contributed by atoms with E-state index in [4.69, 9.17) is 4.74 Å². The molecule has 3 nitrogen and oxygen atoms in total. The maximum atomic E-state index is 6.70. The van der Waals surface area contributed by atoms with Gasteiger partial charge in [-0.3, -0.25) is 0 Å². The second-order valence-corrected chi connectivity index (χ2v) is 11.5. The number of hydrogen-bond acceptors (Lipinski definition) is 2. The molecule has 198 valence electrons. The van der Waals surface area contributed by atoms with Crippen molar-refractivity contribution >= 4 is 62.0 Å². The number of aryl methyl sites for hydroxylation is 2. The van der Waals surface area contributed by atoms with Gasteiger partial charge in [0, 0.05) is 33.5 Å². The van der Waals surface area contributed by atoms with E-state index < -0.39 is 0 Å². The highest BCUT2D eigenvalue weighted by atomic mass is 16.5. The first kappa shape index (κ1) is 23.5. The number of anilines is 3. The number of para-hydroxylation sites is 3. The first-order valence-electron chi connectivity index (χ1n) is 14.6. The van der Waals surface area contributed by atoms with Gasteiger partial charge in [0.15, 0.2) is 0 Å². The predicted molar refractivity (Wildman–Crippen MR) is 176 cm³/mol. The van der Waals surface area contributed by atoms with Crippen LogP contribution in [0, 0.1) is 13.8 Å². The van der Waals surface area contributed by atoms with Crippen LogP contribution in [0.3, 0.4) is 0 Å². The molecule has 0 aliphatic carbocycles. The summed E-state index contributed by atoms with van der Waals surface area (Å²) in [5.74, 6) is 1.86. The third kappa shape index (κ3) is 3.18. The van der Waals surface area contributed by atoms with E-state index in [1.54, 1.807) is 0 Å². The Kier molecular flexibility index (Phi) is 4.83. The zero-order valence-corrected chi connectivity index (χ0v) is 23.5. The van der Waals surface area contributed by atoms with Crippen LogP contribution < -0.4 is 26.0 Å². The summed E-state index contributed by atoms with van der Waals surface area (Å²) in [5, 5.41) is 2.53. The summed E-state index contributed by atoms with van der Waals surface area (Å²) in [6.07, 6.45) is 0. The van der Waals surface area contributed by atoms with Crippen LogP contribution in [-0.2, 0) is 0 Å². The minimum Gasteiger partial charge on any atom is -0.458 e. The van der Waals surface area contributed by atoms with Gasteiger partial charge in [0.1, 0.15) is 11.5 Å². The topological polar surface area (TPSA) is 17.4 Å². The average molecular weight is 538 g/mol. The van der Waals surface area contributed by atoms with E-state index >= 15 is 0 Å². The Morgan fingerprint density at radius 2 is 1.26 bits per heavy atom. The largest absolute Gasteiger partial charge is 0.458 e. The average Bonchev–Trinajstić information content (AvgIpc) is 3.35. The fourth-order valence-electron chi connectivity index (χ4n) is 7.38. The lowest BCUT2D eigenvalue weighted by molar-refractivity contribution is 0.487. The molecule has 2 aliphatic rings. The lowest BCUT2D eigenvalue weighted by atomic mass is 9.33. The van der Waals surface area contributed by atoms with Gasteiger partial charge in [0.05, 0.1) is 11.0 Å². The van der Waals surface area contributed by atoms with Gasteiger partial charge in [-0.25, -0.2) is 0 Å². The Bertz CT molecular complexity index is 2160. The number of hydrogen-bond donors (Lipinski definition) is 0. The van der Waals surface area contributed by atoms with Crippen molar-refractivity contribution in [1.29, 1.82) is 0 Å². The lowest BCUT2D eigenvalue weighted by Crippen LogP contribution is -2.60. The van der Waals surface area contributed by atoms with Gasteiger partial charge in [-0.05, 0) is 96.5 Å². The van der Waals surface area contributed by atoms with Gasteiger partial charge in [-0.2, -0.15) is 0 Å². The van der Waals surface area contributed by atoms with Crippen LogP contribution in [0.1, 0.15) is 11.1 Å². The molecule has 0 saturated heterocycles. The zero-order chi connectivity index (χ0) is 27.9. The van der Waals surface area contributed by atoms with Crippen molar-refractivity contribution in [3.05, 3.63) is 139 Å². The monoisotopic (exact) mass is 538 g/mol. The number of aromatic nitrogens is 1. The number of benzene rings is 6. The fourth-order valence-corrected chi connectivity index (χ4v) is 7.38. The molecule has 0 spiro atoms.